The summed E-state index contributed by atoms with van der Waals surface area (Å²) in [5.74, 6) is 0. The molecule has 0 aromatic rings. The van der Waals surface area contributed by atoms with Crippen LogP contribution in [0.15, 0.2) is 0 Å². The standard InChI is InChI=1S/C8H18O.Na.H/c1-3-4-5-6-7-8(2)9;;/h8-9H,3-7H2,1-2H3;;/q;+1;-1. The summed E-state index contributed by atoms with van der Waals surface area (Å²) in [7, 11) is 0. The number of aliphatic hydroxyl groups is 1. The molecule has 1 N–H and O–H groups in total. The predicted molar refractivity (Wildman–Crippen MR) is 41.6 cm³/mol. The van der Waals surface area contributed by atoms with Crippen LogP contribution < -0.4 is 29.6 Å². The van der Waals surface area contributed by atoms with Crippen molar-refractivity contribution in [2.75, 3.05) is 0 Å². The van der Waals surface area contributed by atoms with E-state index in [-0.39, 0.29) is 37.1 Å². The van der Waals surface area contributed by atoms with Crippen molar-refractivity contribution >= 4 is 0 Å². The molecule has 1 atom stereocenters. The van der Waals surface area contributed by atoms with E-state index >= 15 is 0 Å². The van der Waals surface area contributed by atoms with Crippen molar-refractivity contribution in [3.05, 3.63) is 0 Å². The second-order valence-corrected chi connectivity index (χ2v) is 2.70. The molecular formula is C8H19NaO. The number of rotatable bonds is 5. The summed E-state index contributed by atoms with van der Waals surface area (Å²) in [5.41, 5.74) is 0. The molecule has 0 radical (unpaired) electrons. The van der Waals surface area contributed by atoms with Gasteiger partial charge in [0.05, 0.1) is 6.10 Å². The van der Waals surface area contributed by atoms with Crippen molar-refractivity contribution in [2.24, 2.45) is 0 Å². The molecule has 1 unspecified atom stereocenters. The third kappa shape index (κ3) is 11.7. The first-order valence-electron chi connectivity index (χ1n) is 3.95. The molecule has 0 aliphatic rings. The molecule has 0 rings (SSSR count). The molecule has 1 nitrogen and oxygen atoms in total. The van der Waals surface area contributed by atoms with E-state index in [9.17, 15) is 0 Å². The van der Waals surface area contributed by atoms with Gasteiger partial charge >= 0.3 is 29.6 Å². The second-order valence-electron chi connectivity index (χ2n) is 2.70. The molecule has 0 saturated carbocycles. The fourth-order valence-electron chi connectivity index (χ4n) is 0.867. The number of hydrogen-bond donors (Lipinski definition) is 1. The van der Waals surface area contributed by atoms with Gasteiger partial charge in [-0.3, -0.25) is 0 Å². The van der Waals surface area contributed by atoms with Crippen LogP contribution in [0.5, 0.6) is 0 Å². The molecule has 0 amide bonds. The molecule has 0 aliphatic heterocycles. The maximum atomic E-state index is 8.85. The summed E-state index contributed by atoms with van der Waals surface area (Å²) in [6.45, 7) is 4.05. The van der Waals surface area contributed by atoms with Crippen molar-refractivity contribution in [1.82, 2.24) is 0 Å². The first-order valence-corrected chi connectivity index (χ1v) is 3.95. The smallest absolute Gasteiger partial charge is 1.00 e. The minimum atomic E-state index is -0.0955. The average molecular weight is 154 g/mol. The summed E-state index contributed by atoms with van der Waals surface area (Å²) in [6, 6.07) is 0. The van der Waals surface area contributed by atoms with Crippen molar-refractivity contribution in [2.45, 2.75) is 52.1 Å². The van der Waals surface area contributed by atoms with Gasteiger partial charge < -0.3 is 6.53 Å². The van der Waals surface area contributed by atoms with Crippen LogP contribution in [-0.2, 0) is 0 Å². The van der Waals surface area contributed by atoms with E-state index in [0.29, 0.717) is 0 Å². The van der Waals surface area contributed by atoms with Gasteiger partial charge in [-0.1, -0.05) is 32.6 Å². The van der Waals surface area contributed by atoms with E-state index in [0.717, 1.165) is 6.42 Å². The molecule has 58 valence electrons. The summed E-state index contributed by atoms with van der Waals surface area (Å²) >= 11 is 0. The molecule has 0 aliphatic carbocycles. The first-order chi connectivity index (χ1) is 4.27. The predicted octanol–water partition coefficient (Wildman–Crippen LogP) is -0.546. The minimum absolute atomic E-state index is 0. The zero-order valence-electron chi connectivity index (χ0n) is 8.56. The zero-order valence-corrected chi connectivity index (χ0v) is 9.56. The third-order valence-corrected chi connectivity index (χ3v) is 1.48. The monoisotopic (exact) mass is 154 g/mol. The Morgan fingerprint density at radius 2 is 1.90 bits per heavy atom. The molecule has 0 bridgehead atoms. The van der Waals surface area contributed by atoms with Crippen LogP contribution in [0, 0.1) is 0 Å². The summed E-state index contributed by atoms with van der Waals surface area (Å²) in [6.07, 6.45) is 5.93. The van der Waals surface area contributed by atoms with Crippen LogP contribution in [0.2, 0.25) is 0 Å². The molecule has 0 fully saturated rings. The molecule has 0 spiro atoms. The van der Waals surface area contributed by atoms with E-state index in [2.05, 4.69) is 6.92 Å². The Hall–Kier alpha value is 0.960. The largest absolute Gasteiger partial charge is 1.00 e. The summed E-state index contributed by atoms with van der Waals surface area (Å²) < 4.78 is 0. The van der Waals surface area contributed by atoms with Crippen molar-refractivity contribution in [1.29, 1.82) is 0 Å². The Labute approximate surface area is 88.0 Å². The van der Waals surface area contributed by atoms with Gasteiger partial charge in [0.2, 0.25) is 0 Å². The maximum Gasteiger partial charge on any atom is 1.00 e. The Bertz CT molecular complexity index is 60.1. The van der Waals surface area contributed by atoms with E-state index < -0.39 is 0 Å². The molecule has 0 aromatic carbocycles. The molecular weight excluding hydrogens is 135 g/mol. The van der Waals surface area contributed by atoms with E-state index in [1.165, 1.54) is 25.7 Å². The topological polar surface area (TPSA) is 20.2 Å². The van der Waals surface area contributed by atoms with Gasteiger partial charge in [-0.15, -0.1) is 0 Å². The fraction of sp³-hybridized carbons (Fsp3) is 1.00. The van der Waals surface area contributed by atoms with Gasteiger partial charge in [-0.2, -0.15) is 0 Å². The molecule has 0 heterocycles. The van der Waals surface area contributed by atoms with Gasteiger partial charge in [-0.05, 0) is 13.3 Å². The van der Waals surface area contributed by atoms with Crippen LogP contribution in [0.1, 0.15) is 47.4 Å². The van der Waals surface area contributed by atoms with Crippen LogP contribution in [0.25, 0.3) is 0 Å². The number of aliphatic hydroxyl groups excluding tert-OH is 1. The quantitative estimate of drug-likeness (QED) is 0.416. The Morgan fingerprint density at radius 1 is 1.30 bits per heavy atom. The Morgan fingerprint density at radius 3 is 2.30 bits per heavy atom. The van der Waals surface area contributed by atoms with Crippen LogP contribution in [0.3, 0.4) is 0 Å². The molecule has 0 aromatic heterocycles. The van der Waals surface area contributed by atoms with Gasteiger partial charge in [0.25, 0.3) is 0 Å². The van der Waals surface area contributed by atoms with Crippen molar-refractivity contribution in [3.63, 3.8) is 0 Å². The molecule has 2 heteroatoms. The zero-order chi connectivity index (χ0) is 7.11. The SMILES string of the molecule is CCCCCCC(C)O.[H-].[Na+]. The fourth-order valence-corrected chi connectivity index (χ4v) is 0.867. The van der Waals surface area contributed by atoms with Crippen LogP contribution in [-0.4, -0.2) is 11.2 Å². The number of hydrogen-bond acceptors (Lipinski definition) is 1. The summed E-state index contributed by atoms with van der Waals surface area (Å²) in [5, 5.41) is 8.85. The summed E-state index contributed by atoms with van der Waals surface area (Å²) in [4.78, 5) is 0. The Balaban J connectivity index is -0.000000320. The van der Waals surface area contributed by atoms with Crippen LogP contribution >= 0.6 is 0 Å². The maximum absolute atomic E-state index is 8.85. The average Bonchev–Trinajstić information content (AvgIpc) is 1.80. The van der Waals surface area contributed by atoms with Gasteiger partial charge in [0.1, 0.15) is 0 Å². The third-order valence-electron chi connectivity index (χ3n) is 1.48. The van der Waals surface area contributed by atoms with Crippen LogP contribution in [0.4, 0.5) is 0 Å². The van der Waals surface area contributed by atoms with E-state index in [1.54, 1.807) is 0 Å². The second kappa shape index (κ2) is 9.96. The molecule has 10 heavy (non-hydrogen) atoms. The van der Waals surface area contributed by atoms with E-state index in [1.807, 2.05) is 6.92 Å². The van der Waals surface area contributed by atoms with Gasteiger partial charge in [0, 0.05) is 0 Å². The first kappa shape index (κ1) is 13.5. The van der Waals surface area contributed by atoms with Gasteiger partial charge in [0.15, 0.2) is 0 Å². The van der Waals surface area contributed by atoms with E-state index in [4.69, 9.17) is 5.11 Å². The van der Waals surface area contributed by atoms with Crippen molar-refractivity contribution < 1.29 is 36.1 Å². The molecule has 0 saturated heterocycles. The minimum Gasteiger partial charge on any atom is -1.00 e. The normalized spacial score (nSPS) is 12.3. The number of unbranched alkanes of at least 4 members (excludes halogenated alkanes) is 3. The Kier molecular flexibility index (Phi) is 13.5. The van der Waals surface area contributed by atoms with Crippen molar-refractivity contribution in [3.8, 4) is 0 Å². The van der Waals surface area contributed by atoms with Gasteiger partial charge in [-0.25, -0.2) is 0 Å².